The number of carbonyl (C=O) groups excluding carboxylic acids is 1. The molecule has 0 bridgehead atoms. The molecule has 0 radical (unpaired) electrons. The van der Waals surface area contributed by atoms with Crippen molar-refractivity contribution in [1.29, 1.82) is 0 Å². The van der Waals surface area contributed by atoms with Gasteiger partial charge in [-0.15, -0.1) is 11.3 Å². The molecule has 2 heterocycles. The maximum atomic E-state index is 12.5. The Kier molecular flexibility index (Phi) is 4.16. The van der Waals surface area contributed by atoms with E-state index in [9.17, 15) is 9.59 Å². The maximum Gasteiger partial charge on any atom is 0.346 e. The molecule has 1 fully saturated rings. The van der Waals surface area contributed by atoms with Gasteiger partial charge in [-0.05, 0) is 30.2 Å². The van der Waals surface area contributed by atoms with Crippen molar-refractivity contribution < 1.29 is 14.7 Å². The first-order chi connectivity index (χ1) is 11.1. The van der Waals surface area contributed by atoms with Crippen LogP contribution in [-0.4, -0.2) is 35.1 Å². The summed E-state index contributed by atoms with van der Waals surface area (Å²) in [6.07, 6.45) is 3.67. The number of carboxylic acid groups (broad SMARTS) is 1. The van der Waals surface area contributed by atoms with Crippen molar-refractivity contribution in [3.8, 4) is 0 Å². The maximum absolute atomic E-state index is 12.5. The Bertz CT molecular complexity index is 767. The number of aryl methyl sites for hydroxylation is 1. The summed E-state index contributed by atoms with van der Waals surface area (Å²) in [5.41, 5.74) is 1.71. The van der Waals surface area contributed by atoms with Crippen LogP contribution < -0.4 is 4.90 Å². The SMILES string of the molecule is Cc1cc(N2CCN(C=Cc3ccccc3)C2=O)sc1C(=O)O. The summed E-state index contributed by atoms with van der Waals surface area (Å²) in [4.78, 5) is 27.2. The summed E-state index contributed by atoms with van der Waals surface area (Å²) in [5, 5.41) is 9.82. The van der Waals surface area contributed by atoms with Crippen molar-refractivity contribution in [3.05, 3.63) is 58.6 Å². The van der Waals surface area contributed by atoms with Gasteiger partial charge >= 0.3 is 12.0 Å². The molecule has 0 atom stereocenters. The van der Waals surface area contributed by atoms with E-state index in [1.165, 1.54) is 0 Å². The second kappa shape index (κ2) is 6.26. The molecule has 0 unspecified atom stereocenters. The number of carbonyl (C=O) groups is 2. The lowest BCUT2D eigenvalue weighted by molar-refractivity contribution is 0.0701. The van der Waals surface area contributed by atoms with E-state index < -0.39 is 5.97 Å². The highest BCUT2D eigenvalue weighted by molar-refractivity contribution is 7.18. The predicted octanol–water partition coefficient (Wildman–Crippen LogP) is 3.67. The van der Waals surface area contributed by atoms with Crippen molar-refractivity contribution in [3.63, 3.8) is 0 Å². The van der Waals surface area contributed by atoms with E-state index >= 15 is 0 Å². The van der Waals surface area contributed by atoms with Gasteiger partial charge in [-0.3, -0.25) is 9.80 Å². The minimum absolute atomic E-state index is 0.129. The lowest BCUT2D eigenvalue weighted by Gasteiger charge is -2.14. The van der Waals surface area contributed by atoms with Gasteiger partial charge in [0, 0.05) is 19.3 Å². The molecule has 1 N–H and O–H groups in total. The molecule has 1 aromatic heterocycles. The van der Waals surface area contributed by atoms with Crippen LogP contribution in [0.2, 0.25) is 0 Å². The zero-order chi connectivity index (χ0) is 16.4. The summed E-state index contributed by atoms with van der Waals surface area (Å²) >= 11 is 1.14. The van der Waals surface area contributed by atoms with Crippen LogP contribution in [0, 0.1) is 6.92 Å². The molecule has 1 aliphatic rings. The minimum atomic E-state index is -0.953. The molecule has 0 aliphatic carbocycles. The standard InChI is InChI=1S/C17H16N2O3S/c1-12-11-14(23-15(12)16(20)21)19-10-9-18(17(19)22)8-7-13-5-3-2-4-6-13/h2-8,11H,9-10H2,1H3,(H,20,21). The fourth-order valence-electron chi connectivity index (χ4n) is 2.45. The van der Waals surface area contributed by atoms with Gasteiger partial charge in [0.15, 0.2) is 0 Å². The average Bonchev–Trinajstić information content (AvgIpc) is 3.09. The molecule has 1 saturated heterocycles. The van der Waals surface area contributed by atoms with Gasteiger partial charge < -0.3 is 5.11 Å². The van der Waals surface area contributed by atoms with E-state index in [0.717, 1.165) is 16.9 Å². The number of nitrogens with zero attached hydrogens (tertiary/aromatic N) is 2. The molecular formula is C17H16N2O3S. The molecule has 2 amide bonds. The largest absolute Gasteiger partial charge is 0.477 e. The first kappa shape index (κ1) is 15.3. The van der Waals surface area contributed by atoms with Gasteiger partial charge in [0.25, 0.3) is 0 Å². The van der Waals surface area contributed by atoms with Crippen LogP contribution >= 0.6 is 11.3 Å². The molecule has 2 aromatic rings. The average molecular weight is 328 g/mol. The Hall–Kier alpha value is -2.60. The number of rotatable bonds is 4. The zero-order valence-corrected chi connectivity index (χ0v) is 13.4. The van der Waals surface area contributed by atoms with Crippen LogP contribution in [-0.2, 0) is 0 Å². The van der Waals surface area contributed by atoms with Crippen molar-refractivity contribution in [2.24, 2.45) is 0 Å². The fraction of sp³-hybridized carbons (Fsp3) is 0.176. The molecule has 3 rings (SSSR count). The summed E-state index contributed by atoms with van der Waals surface area (Å²) in [7, 11) is 0. The highest BCUT2D eigenvalue weighted by atomic mass is 32.1. The number of urea groups is 1. The molecule has 0 saturated carbocycles. The summed E-state index contributed by atoms with van der Waals surface area (Å²) < 4.78 is 0. The normalized spacial score (nSPS) is 14.9. The van der Waals surface area contributed by atoms with Crippen molar-refractivity contribution in [2.45, 2.75) is 6.92 Å². The molecule has 1 aliphatic heterocycles. The predicted molar refractivity (Wildman–Crippen MR) is 90.9 cm³/mol. The molecule has 1 aromatic carbocycles. The highest BCUT2D eigenvalue weighted by Crippen LogP contribution is 2.32. The Morgan fingerprint density at radius 1 is 1.26 bits per heavy atom. The van der Waals surface area contributed by atoms with Crippen molar-refractivity contribution >= 4 is 34.4 Å². The monoisotopic (exact) mass is 328 g/mol. The second-order valence-corrected chi connectivity index (χ2v) is 6.29. The minimum Gasteiger partial charge on any atom is -0.477 e. The van der Waals surface area contributed by atoms with E-state index in [0.29, 0.717) is 23.7 Å². The van der Waals surface area contributed by atoms with Crippen LogP contribution in [0.4, 0.5) is 9.80 Å². The van der Waals surface area contributed by atoms with Gasteiger partial charge in [0.05, 0.1) is 0 Å². The smallest absolute Gasteiger partial charge is 0.346 e. The lowest BCUT2D eigenvalue weighted by Crippen LogP contribution is -2.27. The quantitative estimate of drug-likeness (QED) is 0.931. The molecule has 118 valence electrons. The van der Waals surface area contributed by atoms with Gasteiger partial charge in [0.2, 0.25) is 0 Å². The second-order valence-electron chi connectivity index (χ2n) is 5.26. The van der Waals surface area contributed by atoms with Crippen LogP contribution in [0.5, 0.6) is 0 Å². The molecule has 0 spiro atoms. The Balaban J connectivity index is 1.75. The van der Waals surface area contributed by atoms with Crippen LogP contribution in [0.3, 0.4) is 0 Å². The van der Waals surface area contributed by atoms with Crippen molar-refractivity contribution in [2.75, 3.05) is 18.0 Å². The van der Waals surface area contributed by atoms with Crippen LogP contribution in [0.15, 0.2) is 42.6 Å². The van der Waals surface area contributed by atoms with E-state index in [1.54, 1.807) is 29.0 Å². The number of carboxylic acids is 1. The Morgan fingerprint density at radius 3 is 2.65 bits per heavy atom. The summed E-state index contributed by atoms with van der Waals surface area (Å²) in [6.45, 7) is 2.88. The van der Waals surface area contributed by atoms with Gasteiger partial charge in [0.1, 0.15) is 9.88 Å². The third-order valence-corrected chi connectivity index (χ3v) is 4.90. The van der Waals surface area contributed by atoms with E-state index in [1.807, 2.05) is 36.4 Å². The summed E-state index contributed by atoms with van der Waals surface area (Å²) in [6, 6.07) is 11.4. The first-order valence-electron chi connectivity index (χ1n) is 7.21. The molecule has 23 heavy (non-hydrogen) atoms. The van der Waals surface area contributed by atoms with E-state index in [4.69, 9.17) is 5.11 Å². The van der Waals surface area contributed by atoms with Gasteiger partial charge in [-0.2, -0.15) is 0 Å². The summed E-state index contributed by atoms with van der Waals surface area (Å²) in [5.74, 6) is -0.953. The lowest BCUT2D eigenvalue weighted by atomic mass is 10.2. The number of hydrogen-bond donors (Lipinski definition) is 1. The number of amides is 2. The number of benzene rings is 1. The fourth-order valence-corrected chi connectivity index (χ4v) is 3.48. The zero-order valence-electron chi connectivity index (χ0n) is 12.6. The van der Waals surface area contributed by atoms with Crippen LogP contribution in [0.25, 0.3) is 6.08 Å². The third kappa shape index (κ3) is 3.12. The number of anilines is 1. The number of hydrogen-bond acceptors (Lipinski definition) is 3. The number of aromatic carboxylic acids is 1. The van der Waals surface area contributed by atoms with E-state index in [-0.39, 0.29) is 10.9 Å². The molecule has 5 nitrogen and oxygen atoms in total. The van der Waals surface area contributed by atoms with Gasteiger partial charge in [-0.25, -0.2) is 9.59 Å². The highest BCUT2D eigenvalue weighted by Gasteiger charge is 2.30. The van der Waals surface area contributed by atoms with Crippen molar-refractivity contribution in [1.82, 2.24) is 4.90 Å². The first-order valence-corrected chi connectivity index (χ1v) is 8.03. The molecule has 6 heteroatoms. The number of thiophene rings is 1. The topological polar surface area (TPSA) is 60.9 Å². The molecular weight excluding hydrogens is 312 g/mol. The van der Waals surface area contributed by atoms with Gasteiger partial charge in [-0.1, -0.05) is 30.3 Å². The van der Waals surface area contributed by atoms with Crippen LogP contribution in [0.1, 0.15) is 20.8 Å². The third-order valence-electron chi connectivity index (χ3n) is 3.65. The Labute approximate surface area is 138 Å². The Morgan fingerprint density at radius 2 is 2.00 bits per heavy atom. The van der Waals surface area contributed by atoms with E-state index in [2.05, 4.69) is 0 Å².